The monoisotopic (exact) mass is 668 g/mol. The lowest BCUT2D eigenvalue weighted by molar-refractivity contribution is -0.131. The number of nitrogens with zero attached hydrogens (tertiary/aromatic N) is 3. The molecule has 11 unspecified atom stereocenters. The van der Waals surface area contributed by atoms with Crippen molar-refractivity contribution in [2.45, 2.75) is 125 Å². The molecule has 3 N–H and O–H groups in total. The molecule has 0 aromatic heterocycles. The summed E-state index contributed by atoms with van der Waals surface area (Å²) in [7, 11) is 0. The van der Waals surface area contributed by atoms with Crippen molar-refractivity contribution in [3.8, 4) is 0 Å². The highest BCUT2D eigenvalue weighted by atomic mass is 35.5. The molecule has 12 heteroatoms. The number of carbonyl (C=O) groups is 2. The van der Waals surface area contributed by atoms with Crippen LogP contribution in [0.25, 0.3) is 0 Å². The van der Waals surface area contributed by atoms with E-state index in [0.29, 0.717) is 50.3 Å². The number of hydrogen-bond donors (Lipinski definition) is 3. The van der Waals surface area contributed by atoms with Gasteiger partial charge in [0.25, 0.3) is 0 Å². The molecule has 6 fully saturated rings. The van der Waals surface area contributed by atoms with E-state index < -0.39 is 6.17 Å². The second-order valence-electron chi connectivity index (χ2n) is 14.5. The van der Waals surface area contributed by atoms with Crippen LogP contribution in [0.4, 0.5) is 9.18 Å². The lowest BCUT2D eigenvalue weighted by atomic mass is 9.73. The van der Waals surface area contributed by atoms with Gasteiger partial charge in [-0.2, -0.15) is 11.8 Å². The topological polar surface area (TPSA) is 89.2 Å². The van der Waals surface area contributed by atoms with E-state index >= 15 is 4.39 Å². The summed E-state index contributed by atoms with van der Waals surface area (Å²) in [6.07, 6.45) is 5.51. The van der Waals surface area contributed by atoms with Gasteiger partial charge < -0.3 is 25.2 Å². The number of fused-ring (bicyclic) bond motifs is 5. The van der Waals surface area contributed by atoms with Crippen molar-refractivity contribution in [2.75, 3.05) is 38.5 Å². The predicted molar refractivity (Wildman–Crippen MR) is 178 cm³/mol. The van der Waals surface area contributed by atoms with Gasteiger partial charge in [0.2, 0.25) is 5.91 Å². The Morgan fingerprint density at radius 1 is 1.18 bits per heavy atom. The molecule has 5 heterocycles. The highest BCUT2D eigenvalue weighted by molar-refractivity contribution is 7.99. The number of ether oxygens (including phenoxy) is 1. The molecule has 12 atom stereocenters. The first kappa shape index (κ1) is 33.8. The van der Waals surface area contributed by atoms with Gasteiger partial charge in [-0.05, 0) is 76.2 Å². The molecule has 0 aromatic rings. The summed E-state index contributed by atoms with van der Waals surface area (Å²) in [6.45, 7) is 13.7. The first-order valence-electron chi connectivity index (χ1n) is 17.5. The highest BCUT2D eigenvalue weighted by Crippen LogP contribution is 2.43. The molecule has 6 aliphatic rings. The number of alkyl halides is 2. The van der Waals surface area contributed by atoms with Crippen molar-refractivity contribution >= 4 is 35.3 Å². The Labute approximate surface area is 278 Å². The maximum atomic E-state index is 16.0. The van der Waals surface area contributed by atoms with Crippen LogP contribution in [-0.2, 0) is 9.53 Å². The van der Waals surface area contributed by atoms with Crippen LogP contribution in [0.1, 0.15) is 65.7 Å². The van der Waals surface area contributed by atoms with Crippen LogP contribution in [-0.4, -0.2) is 125 Å². The predicted octanol–water partition coefficient (Wildman–Crippen LogP) is 3.77. The number of urea groups is 1. The smallest absolute Gasteiger partial charge is 0.320 e. The van der Waals surface area contributed by atoms with E-state index in [0.717, 1.165) is 44.4 Å². The maximum Gasteiger partial charge on any atom is 0.320 e. The molecule has 9 nitrogen and oxygen atoms in total. The zero-order chi connectivity index (χ0) is 31.8. The van der Waals surface area contributed by atoms with Gasteiger partial charge in [0.1, 0.15) is 6.17 Å². The molecule has 2 bridgehead atoms. The fraction of sp³-hybridized carbons (Fsp3) is 0.879. The lowest BCUT2D eigenvalue weighted by Crippen LogP contribution is -2.80. The van der Waals surface area contributed by atoms with E-state index in [2.05, 4.69) is 53.1 Å². The Kier molecular flexibility index (Phi) is 10.9. The third kappa shape index (κ3) is 6.77. The van der Waals surface area contributed by atoms with Crippen LogP contribution in [0, 0.1) is 17.8 Å². The van der Waals surface area contributed by atoms with Crippen LogP contribution in [0.15, 0.2) is 12.7 Å². The van der Waals surface area contributed by atoms with Crippen molar-refractivity contribution in [3.63, 3.8) is 0 Å². The van der Waals surface area contributed by atoms with E-state index in [9.17, 15) is 9.59 Å². The quantitative estimate of drug-likeness (QED) is 0.312. The molecular formula is C33H54ClFN6O3S. The number of thioether (sulfide) groups is 1. The molecule has 254 valence electrons. The molecule has 5 saturated heterocycles. The maximum absolute atomic E-state index is 16.0. The van der Waals surface area contributed by atoms with Gasteiger partial charge in [-0.3, -0.25) is 15.0 Å². The Bertz CT molecular complexity index is 1080. The van der Waals surface area contributed by atoms with Gasteiger partial charge >= 0.3 is 6.03 Å². The van der Waals surface area contributed by atoms with Gasteiger partial charge in [-0.1, -0.05) is 20.4 Å². The minimum absolute atomic E-state index is 0.0140. The molecule has 1 aliphatic carbocycles. The van der Waals surface area contributed by atoms with Gasteiger partial charge in [0, 0.05) is 66.8 Å². The van der Waals surface area contributed by atoms with Crippen LogP contribution < -0.4 is 16.0 Å². The number of hydrogen-bond acceptors (Lipinski definition) is 7. The van der Waals surface area contributed by atoms with Crippen molar-refractivity contribution in [1.82, 2.24) is 30.7 Å². The number of piperidine rings is 2. The van der Waals surface area contributed by atoms with Gasteiger partial charge in [0.05, 0.1) is 24.5 Å². The molecule has 6 rings (SSSR count). The number of halogens is 2. The van der Waals surface area contributed by atoms with Crippen LogP contribution >= 0.6 is 23.4 Å². The Hall–Kier alpha value is -1.11. The number of rotatable bonds is 3. The van der Waals surface area contributed by atoms with Gasteiger partial charge in [0.15, 0.2) is 0 Å². The van der Waals surface area contributed by atoms with Crippen LogP contribution in [0.3, 0.4) is 0 Å². The first-order valence-corrected chi connectivity index (χ1v) is 18.9. The van der Waals surface area contributed by atoms with Gasteiger partial charge in [-0.15, -0.1) is 11.6 Å². The van der Waals surface area contributed by atoms with E-state index in [4.69, 9.17) is 16.3 Å². The molecule has 45 heavy (non-hydrogen) atoms. The summed E-state index contributed by atoms with van der Waals surface area (Å²) < 4.78 is 22.4. The molecule has 3 amide bonds. The van der Waals surface area contributed by atoms with Crippen molar-refractivity contribution in [3.05, 3.63) is 12.7 Å². The van der Waals surface area contributed by atoms with E-state index in [1.54, 1.807) is 0 Å². The minimum atomic E-state index is -0.993. The number of nitrogens with one attached hydrogen (secondary N) is 3. The summed E-state index contributed by atoms with van der Waals surface area (Å²) in [5.41, 5.74) is 0. The summed E-state index contributed by atoms with van der Waals surface area (Å²) in [5.74, 6) is 0.931. The number of carbonyl (C=O) groups excluding carboxylic acids is 2. The number of amides is 3. The fourth-order valence-electron chi connectivity index (χ4n) is 9.23. The zero-order valence-corrected chi connectivity index (χ0v) is 28.8. The fourth-order valence-corrected chi connectivity index (χ4v) is 11.1. The average molecular weight is 669 g/mol. The van der Waals surface area contributed by atoms with E-state index in [-0.39, 0.29) is 71.8 Å². The molecular weight excluding hydrogens is 615 g/mol. The zero-order valence-electron chi connectivity index (χ0n) is 27.2. The van der Waals surface area contributed by atoms with E-state index in [1.807, 2.05) is 16.7 Å². The third-order valence-corrected chi connectivity index (χ3v) is 13.3. The highest BCUT2D eigenvalue weighted by Gasteiger charge is 2.57. The molecule has 0 spiro atoms. The van der Waals surface area contributed by atoms with Crippen molar-refractivity contribution in [2.24, 2.45) is 17.8 Å². The second kappa shape index (κ2) is 14.6. The molecule has 1 saturated carbocycles. The Morgan fingerprint density at radius 2 is 2.00 bits per heavy atom. The first-order chi connectivity index (χ1) is 21.7. The summed E-state index contributed by atoms with van der Waals surface area (Å²) in [4.78, 5) is 33.3. The molecule has 5 aliphatic heterocycles. The Morgan fingerprint density at radius 3 is 2.76 bits per heavy atom. The summed E-state index contributed by atoms with van der Waals surface area (Å²) in [6, 6.07) is -0.196. The SMILES string of the molecule is C=CC(=O)N1CCN(C2NC(=O)N3C4NC(C(Cl)CC42)C2C(F)CCCC2OCCCCSC2CCNC(C(C)C)C23)[C@@H](C)C1. The average Bonchev–Trinajstić information content (AvgIpc) is 3.02. The normalized spacial score (nSPS) is 43.5. The standard InChI is InChI=1S/C33H54ClFN6O3S/c1-5-26(42)39-13-14-40(20(4)18-39)31-21-17-22(34)29-27-23(35)9-8-10-24(27)44-15-6-7-16-45-25-11-12-36-28(19(2)3)30(25)41(32(21)37-29)33(43)38-31/h5,19-25,27-32,36-37H,1,6-18H2,2-4H3,(H,38,43)/t20-,21?,22?,23?,24?,25?,27?,28?,29?,30?,31?,32?/m0/s1. The Balaban J connectivity index is 1.38. The second-order valence-corrected chi connectivity index (χ2v) is 16.4. The minimum Gasteiger partial charge on any atom is -0.378 e. The summed E-state index contributed by atoms with van der Waals surface area (Å²) in [5, 5.41) is 11.1. The van der Waals surface area contributed by atoms with E-state index in [1.165, 1.54) is 6.08 Å². The molecule has 0 radical (unpaired) electrons. The van der Waals surface area contributed by atoms with Gasteiger partial charge in [-0.25, -0.2) is 9.18 Å². The van der Waals surface area contributed by atoms with Crippen LogP contribution in [0.5, 0.6) is 0 Å². The van der Waals surface area contributed by atoms with Crippen molar-refractivity contribution < 1.29 is 18.7 Å². The summed E-state index contributed by atoms with van der Waals surface area (Å²) >= 11 is 9.33. The lowest BCUT2D eigenvalue weighted by Gasteiger charge is -2.60. The van der Waals surface area contributed by atoms with Crippen molar-refractivity contribution in [1.29, 1.82) is 0 Å². The molecule has 0 aromatic carbocycles. The largest absolute Gasteiger partial charge is 0.378 e. The van der Waals surface area contributed by atoms with Crippen LogP contribution in [0.2, 0.25) is 0 Å². The number of piperazine rings is 1. The third-order valence-electron chi connectivity index (χ3n) is 11.4.